The number of nitrogens with zero attached hydrogens (tertiary/aromatic N) is 1. The molecule has 7 heteroatoms. The number of para-hydroxylation sites is 1. The molecule has 0 atom stereocenters. The molecular weight excluding hydrogens is 346 g/mol. The van der Waals surface area contributed by atoms with Crippen LogP contribution in [0.15, 0.2) is 48.5 Å². The van der Waals surface area contributed by atoms with Crippen molar-refractivity contribution in [1.29, 1.82) is 5.26 Å². The second kappa shape index (κ2) is 9.73. The summed E-state index contributed by atoms with van der Waals surface area (Å²) in [7, 11) is 0. The average Bonchev–Trinajstić information content (AvgIpc) is 2.67. The lowest BCUT2D eigenvalue weighted by Crippen LogP contribution is -2.31. The molecular formula is C20H19N3O4. The Labute approximate surface area is 156 Å². The van der Waals surface area contributed by atoms with Crippen LogP contribution in [0.25, 0.3) is 0 Å². The van der Waals surface area contributed by atoms with Crippen molar-refractivity contribution in [2.45, 2.75) is 13.3 Å². The fourth-order valence-electron chi connectivity index (χ4n) is 2.29. The highest BCUT2D eigenvalue weighted by atomic mass is 16.5. The minimum absolute atomic E-state index is 0.0583. The van der Waals surface area contributed by atoms with Crippen LogP contribution in [0.2, 0.25) is 0 Å². The summed E-state index contributed by atoms with van der Waals surface area (Å²) in [5.41, 5.74) is 2.04. The molecule has 2 aromatic rings. The Morgan fingerprint density at radius 1 is 1.07 bits per heavy atom. The van der Waals surface area contributed by atoms with Gasteiger partial charge in [0.2, 0.25) is 5.91 Å². The van der Waals surface area contributed by atoms with Gasteiger partial charge in [-0.25, -0.2) is 0 Å². The Balaban J connectivity index is 1.71. The number of nitrogens with one attached hydrogen (secondary N) is 2. The first-order valence-corrected chi connectivity index (χ1v) is 8.29. The molecule has 0 aliphatic rings. The molecule has 27 heavy (non-hydrogen) atoms. The van der Waals surface area contributed by atoms with E-state index in [1.54, 1.807) is 49.4 Å². The first-order chi connectivity index (χ1) is 13.0. The maximum absolute atomic E-state index is 12.0. The van der Waals surface area contributed by atoms with E-state index in [4.69, 9.17) is 10.00 Å². The number of anilines is 1. The third-order valence-corrected chi connectivity index (χ3v) is 3.70. The smallest absolute Gasteiger partial charge is 0.325 e. The summed E-state index contributed by atoms with van der Waals surface area (Å²) in [6, 6.07) is 15.6. The van der Waals surface area contributed by atoms with Crippen LogP contribution in [-0.4, -0.2) is 30.9 Å². The first kappa shape index (κ1) is 19.7. The summed E-state index contributed by atoms with van der Waals surface area (Å²) in [6.45, 7) is 1.39. The van der Waals surface area contributed by atoms with Crippen molar-refractivity contribution in [3.63, 3.8) is 0 Å². The monoisotopic (exact) mass is 365 g/mol. The summed E-state index contributed by atoms with van der Waals surface area (Å²) < 4.78 is 4.94. The van der Waals surface area contributed by atoms with Gasteiger partial charge < -0.3 is 15.4 Å². The molecule has 7 nitrogen and oxygen atoms in total. The van der Waals surface area contributed by atoms with E-state index in [0.717, 1.165) is 5.56 Å². The minimum atomic E-state index is -0.637. The number of esters is 1. The highest BCUT2D eigenvalue weighted by Crippen LogP contribution is 2.13. The zero-order valence-corrected chi connectivity index (χ0v) is 14.8. The standard InChI is InChI=1S/C20H19N3O4/c1-14-6-2-4-8-16(14)20(26)22-13-19(25)27-11-10-18(24)23-17-9-5-3-7-15(17)12-21/h2-9H,10-11,13H2,1H3,(H,22,26)(H,23,24). The molecule has 0 saturated heterocycles. The predicted molar refractivity (Wildman–Crippen MR) is 98.9 cm³/mol. The zero-order chi connectivity index (χ0) is 19.6. The quantitative estimate of drug-likeness (QED) is 0.731. The second-order valence-electron chi connectivity index (χ2n) is 5.67. The number of nitriles is 1. The van der Waals surface area contributed by atoms with Crippen molar-refractivity contribution in [2.75, 3.05) is 18.5 Å². The van der Waals surface area contributed by atoms with Crippen LogP contribution < -0.4 is 10.6 Å². The van der Waals surface area contributed by atoms with E-state index in [-0.39, 0.29) is 31.4 Å². The lowest BCUT2D eigenvalue weighted by molar-refractivity contribution is -0.142. The predicted octanol–water partition coefficient (Wildman–Crippen LogP) is 2.17. The highest BCUT2D eigenvalue weighted by Gasteiger charge is 2.12. The summed E-state index contributed by atoms with van der Waals surface area (Å²) in [5.74, 6) is -1.38. The van der Waals surface area contributed by atoms with E-state index in [0.29, 0.717) is 16.8 Å². The van der Waals surface area contributed by atoms with Gasteiger partial charge in [-0.15, -0.1) is 0 Å². The number of carbonyl (C=O) groups is 3. The van der Waals surface area contributed by atoms with Gasteiger partial charge >= 0.3 is 5.97 Å². The molecule has 2 rings (SSSR count). The minimum Gasteiger partial charge on any atom is -0.464 e. The normalized spacial score (nSPS) is 9.78. The largest absolute Gasteiger partial charge is 0.464 e. The summed E-state index contributed by atoms with van der Waals surface area (Å²) in [4.78, 5) is 35.6. The fraction of sp³-hybridized carbons (Fsp3) is 0.200. The molecule has 0 bridgehead atoms. The molecule has 2 aromatic carbocycles. The van der Waals surface area contributed by atoms with Gasteiger partial charge in [0.1, 0.15) is 19.2 Å². The van der Waals surface area contributed by atoms with E-state index in [2.05, 4.69) is 10.6 Å². The number of benzene rings is 2. The van der Waals surface area contributed by atoms with E-state index in [1.807, 2.05) is 12.1 Å². The van der Waals surface area contributed by atoms with Crippen molar-refractivity contribution < 1.29 is 19.1 Å². The molecule has 0 heterocycles. The average molecular weight is 365 g/mol. The molecule has 0 aliphatic carbocycles. The number of carbonyl (C=O) groups excluding carboxylic acids is 3. The highest BCUT2D eigenvalue weighted by molar-refractivity contribution is 5.97. The molecule has 2 N–H and O–H groups in total. The number of ether oxygens (including phenoxy) is 1. The molecule has 0 radical (unpaired) electrons. The summed E-state index contributed by atoms with van der Waals surface area (Å²) in [6.07, 6.45) is -0.0583. The van der Waals surface area contributed by atoms with Gasteiger partial charge in [0.25, 0.3) is 5.91 Å². The van der Waals surface area contributed by atoms with Crippen molar-refractivity contribution in [1.82, 2.24) is 5.32 Å². The second-order valence-corrected chi connectivity index (χ2v) is 5.67. The fourth-order valence-corrected chi connectivity index (χ4v) is 2.29. The van der Waals surface area contributed by atoms with Crippen LogP contribution in [0.1, 0.15) is 27.9 Å². The van der Waals surface area contributed by atoms with Crippen LogP contribution in [0.4, 0.5) is 5.69 Å². The van der Waals surface area contributed by atoms with Gasteiger partial charge in [-0.3, -0.25) is 14.4 Å². The maximum Gasteiger partial charge on any atom is 0.325 e. The Bertz CT molecular complexity index is 887. The molecule has 0 spiro atoms. The van der Waals surface area contributed by atoms with Crippen molar-refractivity contribution in [3.8, 4) is 6.07 Å². The van der Waals surface area contributed by atoms with Gasteiger partial charge in [0.05, 0.1) is 17.7 Å². The van der Waals surface area contributed by atoms with Crippen LogP contribution >= 0.6 is 0 Å². The van der Waals surface area contributed by atoms with Gasteiger partial charge in [-0.05, 0) is 30.7 Å². The molecule has 0 fully saturated rings. The first-order valence-electron chi connectivity index (χ1n) is 8.29. The molecule has 2 amide bonds. The van der Waals surface area contributed by atoms with Gasteiger partial charge in [0, 0.05) is 5.56 Å². The van der Waals surface area contributed by atoms with Crippen LogP contribution in [0.5, 0.6) is 0 Å². The SMILES string of the molecule is Cc1ccccc1C(=O)NCC(=O)OCCC(=O)Nc1ccccc1C#N. The van der Waals surface area contributed by atoms with Crippen molar-refractivity contribution in [2.24, 2.45) is 0 Å². The van der Waals surface area contributed by atoms with E-state index < -0.39 is 5.97 Å². The Hall–Kier alpha value is -3.66. The Morgan fingerprint density at radius 3 is 2.52 bits per heavy atom. The van der Waals surface area contributed by atoms with E-state index in [1.165, 1.54) is 0 Å². The van der Waals surface area contributed by atoms with Gasteiger partial charge in [-0.2, -0.15) is 5.26 Å². The number of hydrogen-bond donors (Lipinski definition) is 2. The molecule has 138 valence electrons. The van der Waals surface area contributed by atoms with Crippen molar-refractivity contribution in [3.05, 3.63) is 65.2 Å². The molecule has 0 saturated carbocycles. The van der Waals surface area contributed by atoms with Crippen LogP contribution in [-0.2, 0) is 14.3 Å². The number of hydrogen-bond acceptors (Lipinski definition) is 5. The third kappa shape index (κ3) is 5.97. The molecule has 0 unspecified atom stereocenters. The van der Waals surface area contributed by atoms with E-state index >= 15 is 0 Å². The number of aryl methyl sites for hydroxylation is 1. The van der Waals surface area contributed by atoms with Gasteiger partial charge in [0.15, 0.2) is 0 Å². The molecule has 0 aliphatic heterocycles. The summed E-state index contributed by atoms with van der Waals surface area (Å²) in [5, 5.41) is 14.1. The number of rotatable bonds is 7. The summed E-state index contributed by atoms with van der Waals surface area (Å²) >= 11 is 0. The topological polar surface area (TPSA) is 108 Å². The van der Waals surface area contributed by atoms with Crippen LogP contribution in [0, 0.1) is 18.3 Å². The Kier molecular flexibility index (Phi) is 7.08. The lowest BCUT2D eigenvalue weighted by atomic mass is 10.1. The third-order valence-electron chi connectivity index (χ3n) is 3.70. The van der Waals surface area contributed by atoms with E-state index in [9.17, 15) is 14.4 Å². The molecule has 0 aromatic heterocycles. The van der Waals surface area contributed by atoms with Crippen LogP contribution in [0.3, 0.4) is 0 Å². The lowest BCUT2D eigenvalue weighted by Gasteiger charge is -2.09. The maximum atomic E-state index is 12.0. The Morgan fingerprint density at radius 2 is 1.78 bits per heavy atom. The van der Waals surface area contributed by atoms with Gasteiger partial charge in [-0.1, -0.05) is 30.3 Å². The van der Waals surface area contributed by atoms with Crippen molar-refractivity contribution >= 4 is 23.5 Å². The number of amides is 2. The zero-order valence-electron chi connectivity index (χ0n) is 14.8.